The molecule has 1 N–H and O–H groups in total. The molecule has 1 aromatic carbocycles. The summed E-state index contributed by atoms with van der Waals surface area (Å²) >= 11 is 0. The van der Waals surface area contributed by atoms with Crippen LogP contribution in [0.4, 0.5) is 14.5 Å². The summed E-state index contributed by atoms with van der Waals surface area (Å²) in [7, 11) is 1.21. The minimum Gasteiger partial charge on any atom is -0.466 e. The topological polar surface area (TPSA) is 55.4 Å². The van der Waals surface area contributed by atoms with Crippen LogP contribution in [0.1, 0.15) is 11.1 Å². The van der Waals surface area contributed by atoms with Gasteiger partial charge in [-0.2, -0.15) is 8.78 Å². The molecule has 0 bridgehead atoms. The predicted octanol–water partition coefficient (Wildman–Crippen LogP) is 1.92. The normalized spacial score (nSPS) is 16.5. The van der Waals surface area contributed by atoms with Gasteiger partial charge >= 0.3 is 11.9 Å². The highest BCUT2D eigenvalue weighted by atomic mass is 19.3. The van der Waals surface area contributed by atoms with Crippen LogP contribution in [-0.4, -0.2) is 19.0 Å². The Morgan fingerprint density at radius 2 is 2.17 bits per heavy atom. The minimum atomic E-state index is -3.54. The molecule has 18 heavy (non-hydrogen) atoms. The number of alkyl halides is 2. The third kappa shape index (κ3) is 1.85. The standard InChI is InChI=1S/C12H9F2NO3/c1-18-9(16)6-5-7-3-2-4-8-10(7)15-11(17)12(8,13)14/h2-6H,1H3,(H,15,17)/b6-5+. The van der Waals surface area contributed by atoms with Crippen molar-refractivity contribution in [2.45, 2.75) is 5.92 Å². The van der Waals surface area contributed by atoms with E-state index < -0.39 is 17.8 Å². The van der Waals surface area contributed by atoms with Crippen molar-refractivity contribution in [2.75, 3.05) is 12.4 Å². The fourth-order valence-corrected chi connectivity index (χ4v) is 1.65. The minimum absolute atomic E-state index is 0.0210. The van der Waals surface area contributed by atoms with Crippen LogP contribution in [0.15, 0.2) is 24.3 Å². The Balaban J connectivity index is 2.43. The van der Waals surface area contributed by atoms with E-state index in [1.54, 1.807) is 0 Å². The molecule has 0 fully saturated rings. The molecule has 94 valence electrons. The van der Waals surface area contributed by atoms with E-state index in [1.807, 2.05) is 0 Å². The summed E-state index contributed by atoms with van der Waals surface area (Å²) in [5.74, 6) is -5.51. The van der Waals surface area contributed by atoms with Crippen molar-refractivity contribution in [2.24, 2.45) is 0 Å². The van der Waals surface area contributed by atoms with Gasteiger partial charge in [0.05, 0.1) is 18.4 Å². The molecular weight excluding hydrogens is 244 g/mol. The predicted molar refractivity (Wildman–Crippen MR) is 60.0 cm³/mol. The van der Waals surface area contributed by atoms with Crippen molar-refractivity contribution in [3.63, 3.8) is 0 Å². The molecule has 0 saturated carbocycles. The third-order valence-corrected chi connectivity index (χ3v) is 2.56. The number of esters is 1. The number of carbonyl (C=O) groups excluding carboxylic acids is 2. The van der Waals surface area contributed by atoms with E-state index >= 15 is 0 Å². The van der Waals surface area contributed by atoms with Crippen LogP contribution in [0.3, 0.4) is 0 Å². The van der Waals surface area contributed by atoms with E-state index in [4.69, 9.17) is 0 Å². The molecule has 2 rings (SSSR count). The SMILES string of the molecule is COC(=O)/C=C/c1cccc2c1NC(=O)C2(F)F. The van der Waals surface area contributed by atoms with Crippen LogP contribution in [-0.2, 0) is 20.2 Å². The van der Waals surface area contributed by atoms with Gasteiger partial charge in [-0.15, -0.1) is 0 Å². The molecule has 4 nitrogen and oxygen atoms in total. The maximum absolute atomic E-state index is 13.4. The summed E-state index contributed by atoms with van der Waals surface area (Å²) in [5.41, 5.74) is -0.0457. The molecule has 0 unspecified atom stereocenters. The summed E-state index contributed by atoms with van der Waals surface area (Å²) in [5, 5.41) is 2.11. The molecule has 1 heterocycles. The second-order valence-corrected chi connectivity index (χ2v) is 3.65. The van der Waals surface area contributed by atoms with Crippen molar-refractivity contribution in [1.82, 2.24) is 0 Å². The van der Waals surface area contributed by atoms with Gasteiger partial charge in [0.25, 0.3) is 5.91 Å². The Hall–Kier alpha value is -2.24. The van der Waals surface area contributed by atoms with E-state index in [0.717, 1.165) is 6.08 Å². The zero-order valence-electron chi connectivity index (χ0n) is 9.37. The highest BCUT2D eigenvalue weighted by Gasteiger charge is 2.48. The summed E-state index contributed by atoms with van der Waals surface area (Å²) < 4.78 is 31.3. The van der Waals surface area contributed by atoms with Crippen molar-refractivity contribution in [3.05, 3.63) is 35.4 Å². The lowest BCUT2D eigenvalue weighted by Crippen LogP contribution is -2.23. The number of amides is 1. The molecule has 1 amide bonds. The van der Waals surface area contributed by atoms with E-state index in [-0.39, 0.29) is 11.3 Å². The lowest BCUT2D eigenvalue weighted by Gasteiger charge is -2.06. The molecule has 0 spiro atoms. The molecule has 0 saturated heterocycles. The lowest BCUT2D eigenvalue weighted by molar-refractivity contribution is -0.139. The van der Waals surface area contributed by atoms with E-state index in [1.165, 1.54) is 31.4 Å². The number of rotatable bonds is 2. The van der Waals surface area contributed by atoms with Gasteiger partial charge in [0.1, 0.15) is 0 Å². The first-order valence-corrected chi connectivity index (χ1v) is 5.05. The van der Waals surface area contributed by atoms with Gasteiger partial charge in [0.15, 0.2) is 0 Å². The Labute approximate surface area is 101 Å². The number of carbonyl (C=O) groups is 2. The maximum atomic E-state index is 13.4. The Morgan fingerprint density at radius 1 is 1.44 bits per heavy atom. The summed E-state index contributed by atoms with van der Waals surface area (Å²) in [6, 6.07) is 4.08. The third-order valence-electron chi connectivity index (χ3n) is 2.56. The van der Waals surface area contributed by atoms with Crippen LogP contribution in [0, 0.1) is 0 Å². The van der Waals surface area contributed by atoms with Crippen LogP contribution in [0.2, 0.25) is 0 Å². The fraction of sp³-hybridized carbons (Fsp3) is 0.167. The Bertz CT molecular complexity index is 552. The molecule has 6 heteroatoms. The average Bonchev–Trinajstić information content (AvgIpc) is 2.58. The van der Waals surface area contributed by atoms with Gasteiger partial charge in [0, 0.05) is 6.08 Å². The van der Waals surface area contributed by atoms with Crippen molar-refractivity contribution < 1.29 is 23.1 Å². The number of halogens is 2. The quantitative estimate of drug-likeness (QED) is 0.647. The maximum Gasteiger partial charge on any atom is 0.352 e. The molecule has 0 atom stereocenters. The van der Waals surface area contributed by atoms with E-state index in [9.17, 15) is 18.4 Å². The number of fused-ring (bicyclic) bond motifs is 1. The summed E-state index contributed by atoms with van der Waals surface area (Å²) in [6.07, 6.45) is 2.41. The van der Waals surface area contributed by atoms with Crippen molar-refractivity contribution in [1.29, 1.82) is 0 Å². The fourth-order valence-electron chi connectivity index (χ4n) is 1.65. The molecule has 0 aromatic heterocycles. The molecule has 1 aromatic rings. The first-order chi connectivity index (χ1) is 8.46. The second kappa shape index (κ2) is 4.21. The lowest BCUT2D eigenvalue weighted by atomic mass is 10.1. The van der Waals surface area contributed by atoms with Gasteiger partial charge in [-0.1, -0.05) is 18.2 Å². The van der Waals surface area contributed by atoms with Crippen LogP contribution >= 0.6 is 0 Å². The van der Waals surface area contributed by atoms with Gasteiger partial charge in [0.2, 0.25) is 0 Å². The van der Waals surface area contributed by atoms with Crippen LogP contribution in [0.25, 0.3) is 6.08 Å². The molecule has 0 radical (unpaired) electrons. The number of nitrogens with one attached hydrogen (secondary N) is 1. The molecule has 1 aliphatic rings. The van der Waals surface area contributed by atoms with Crippen LogP contribution < -0.4 is 5.32 Å². The van der Waals surface area contributed by atoms with Gasteiger partial charge in [-0.05, 0) is 11.6 Å². The van der Waals surface area contributed by atoms with Crippen molar-refractivity contribution >= 4 is 23.6 Å². The molecule has 0 aliphatic carbocycles. The molecular formula is C12H9F2NO3. The molecule has 1 aliphatic heterocycles. The highest BCUT2D eigenvalue weighted by Crippen LogP contribution is 2.42. The number of benzene rings is 1. The van der Waals surface area contributed by atoms with E-state index in [2.05, 4.69) is 10.1 Å². The van der Waals surface area contributed by atoms with Gasteiger partial charge < -0.3 is 10.1 Å². The monoisotopic (exact) mass is 253 g/mol. The van der Waals surface area contributed by atoms with Crippen LogP contribution in [0.5, 0.6) is 0 Å². The number of hydrogen-bond donors (Lipinski definition) is 1. The zero-order valence-corrected chi connectivity index (χ0v) is 9.37. The number of hydrogen-bond acceptors (Lipinski definition) is 3. The number of methoxy groups -OCH3 is 1. The van der Waals surface area contributed by atoms with Gasteiger partial charge in [-0.3, -0.25) is 4.79 Å². The zero-order chi connectivity index (χ0) is 13.3. The number of para-hydroxylation sites is 1. The summed E-state index contributed by atoms with van der Waals surface area (Å²) in [4.78, 5) is 22.1. The van der Waals surface area contributed by atoms with Gasteiger partial charge in [-0.25, -0.2) is 4.79 Å². The Kier molecular flexibility index (Phi) is 2.86. The summed E-state index contributed by atoms with van der Waals surface area (Å²) in [6.45, 7) is 0. The first kappa shape index (κ1) is 12.2. The highest BCUT2D eigenvalue weighted by molar-refractivity contribution is 6.06. The number of anilines is 1. The smallest absolute Gasteiger partial charge is 0.352 e. The number of ether oxygens (including phenoxy) is 1. The van der Waals surface area contributed by atoms with Crippen molar-refractivity contribution in [3.8, 4) is 0 Å². The second-order valence-electron chi connectivity index (χ2n) is 3.65. The first-order valence-electron chi connectivity index (χ1n) is 5.05. The van der Waals surface area contributed by atoms with E-state index in [0.29, 0.717) is 5.56 Å². The average molecular weight is 253 g/mol. The Morgan fingerprint density at radius 3 is 2.83 bits per heavy atom. The largest absolute Gasteiger partial charge is 0.466 e.